The van der Waals surface area contributed by atoms with E-state index in [1.807, 2.05) is 0 Å². The van der Waals surface area contributed by atoms with Crippen molar-refractivity contribution in [1.29, 1.82) is 0 Å². The molecule has 0 spiro atoms. The molecule has 0 aromatic heterocycles. The SMILES string of the molecule is C/C=C(/CC)CN(C=C(C)C)C(C)C. The van der Waals surface area contributed by atoms with Crippen molar-refractivity contribution in [2.75, 3.05) is 6.54 Å². The van der Waals surface area contributed by atoms with Gasteiger partial charge in [-0.25, -0.2) is 0 Å². The van der Waals surface area contributed by atoms with Crippen molar-refractivity contribution in [3.8, 4) is 0 Å². The minimum atomic E-state index is 0.575. The molecule has 1 nitrogen and oxygen atoms in total. The van der Waals surface area contributed by atoms with Gasteiger partial charge in [-0.1, -0.05) is 24.1 Å². The van der Waals surface area contributed by atoms with E-state index in [1.165, 1.54) is 11.1 Å². The predicted octanol–water partition coefficient (Wildman–Crippen LogP) is 3.98. The number of rotatable bonds is 5. The first-order valence-electron chi connectivity index (χ1n) is 5.56. The van der Waals surface area contributed by atoms with Crippen LogP contribution in [-0.2, 0) is 0 Å². The molecule has 0 aromatic carbocycles. The molecule has 0 radical (unpaired) electrons. The van der Waals surface area contributed by atoms with E-state index in [2.05, 4.69) is 58.7 Å². The van der Waals surface area contributed by atoms with Gasteiger partial charge in [-0.2, -0.15) is 0 Å². The predicted molar refractivity (Wildman–Crippen MR) is 65.3 cm³/mol. The third-order valence-electron chi connectivity index (χ3n) is 2.34. The average Bonchev–Trinajstić information content (AvgIpc) is 2.11. The number of nitrogens with zero attached hydrogens (tertiary/aromatic N) is 1. The van der Waals surface area contributed by atoms with E-state index in [9.17, 15) is 0 Å². The van der Waals surface area contributed by atoms with Gasteiger partial charge < -0.3 is 4.90 Å². The third kappa shape index (κ3) is 5.11. The molecular formula is C13H25N. The van der Waals surface area contributed by atoms with Gasteiger partial charge in [-0.3, -0.25) is 0 Å². The van der Waals surface area contributed by atoms with Gasteiger partial charge in [0.15, 0.2) is 0 Å². The highest BCUT2D eigenvalue weighted by Crippen LogP contribution is 2.09. The molecule has 0 aliphatic rings. The first-order chi connectivity index (χ1) is 6.51. The van der Waals surface area contributed by atoms with Gasteiger partial charge in [0.1, 0.15) is 0 Å². The Morgan fingerprint density at radius 2 is 1.86 bits per heavy atom. The Morgan fingerprint density at radius 3 is 2.14 bits per heavy atom. The van der Waals surface area contributed by atoms with E-state index in [0.717, 1.165) is 13.0 Å². The van der Waals surface area contributed by atoms with Crippen molar-refractivity contribution in [2.24, 2.45) is 0 Å². The van der Waals surface area contributed by atoms with Crippen LogP contribution in [0.25, 0.3) is 0 Å². The molecule has 0 rings (SSSR count). The minimum Gasteiger partial charge on any atom is -0.371 e. The molecule has 0 aliphatic carbocycles. The van der Waals surface area contributed by atoms with Gasteiger partial charge in [0.2, 0.25) is 0 Å². The summed E-state index contributed by atoms with van der Waals surface area (Å²) in [5.41, 5.74) is 2.88. The molecule has 0 aromatic rings. The van der Waals surface area contributed by atoms with E-state index >= 15 is 0 Å². The minimum absolute atomic E-state index is 0.575. The first-order valence-corrected chi connectivity index (χ1v) is 5.56. The second-order valence-corrected chi connectivity index (χ2v) is 4.27. The molecule has 14 heavy (non-hydrogen) atoms. The summed E-state index contributed by atoms with van der Waals surface area (Å²) in [5.74, 6) is 0. The monoisotopic (exact) mass is 195 g/mol. The standard InChI is InChI=1S/C13H25N/c1-7-13(8-2)10-14(12(5)6)9-11(3)4/h7,9,12H,8,10H2,1-6H3/b13-7-. The largest absolute Gasteiger partial charge is 0.371 e. The summed E-state index contributed by atoms with van der Waals surface area (Å²) in [4.78, 5) is 2.40. The van der Waals surface area contributed by atoms with E-state index < -0.39 is 0 Å². The normalized spacial score (nSPS) is 11.8. The lowest BCUT2D eigenvalue weighted by atomic mass is 10.1. The summed E-state index contributed by atoms with van der Waals surface area (Å²) in [7, 11) is 0. The molecular weight excluding hydrogens is 170 g/mol. The summed E-state index contributed by atoms with van der Waals surface area (Å²) < 4.78 is 0. The van der Waals surface area contributed by atoms with E-state index in [4.69, 9.17) is 0 Å². The van der Waals surface area contributed by atoms with Crippen molar-refractivity contribution in [2.45, 2.75) is 54.0 Å². The quantitative estimate of drug-likeness (QED) is 0.600. The van der Waals surface area contributed by atoms with E-state index in [0.29, 0.717) is 6.04 Å². The number of hydrogen-bond donors (Lipinski definition) is 0. The highest BCUT2D eigenvalue weighted by atomic mass is 15.1. The van der Waals surface area contributed by atoms with Gasteiger partial charge >= 0.3 is 0 Å². The van der Waals surface area contributed by atoms with Gasteiger partial charge in [0.05, 0.1) is 0 Å². The highest BCUT2D eigenvalue weighted by Gasteiger charge is 2.05. The van der Waals surface area contributed by atoms with Crippen molar-refractivity contribution in [1.82, 2.24) is 4.90 Å². The molecule has 0 saturated carbocycles. The molecule has 0 amide bonds. The van der Waals surface area contributed by atoms with Crippen LogP contribution in [0.3, 0.4) is 0 Å². The molecule has 0 aliphatic heterocycles. The maximum absolute atomic E-state index is 2.40. The molecule has 0 fully saturated rings. The molecule has 82 valence electrons. The third-order valence-corrected chi connectivity index (χ3v) is 2.34. The van der Waals surface area contributed by atoms with Crippen LogP contribution in [0.1, 0.15) is 48.0 Å². The zero-order chi connectivity index (χ0) is 11.1. The van der Waals surface area contributed by atoms with Crippen molar-refractivity contribution < 1.29 is 0 Å². The Kier molecular flexibility index (Phi) is 6.35. The summed E-state index contributed by atoms with van der Waals surface area (Å²) in [6.45, 7) is 14.2. The average molecular weight is 195 g/mol. The Hall–Kier alpha value is -0.720. The molecule has 0 heterocycles. The van der Waals surface area contributed by atoms with Crippen LogP contribution in [0.15, 0.2) is 23.4 Å². The number of hydrogen-bond acceptors (Lipinski definition) is 1. The fourth-order valence-electron chi connectivity index (χ4n) is 1.35. The van der Waals surface area contributed by atoms with Crippen molar-refractivity contribution in [3.05, 3.63) is 23.4 Å². The lowest BCUT2D eigenvalue weighted by molar-refractivity contribution is 0.330. The van der Waals surface area contributed by atoms with Crippen molar-refractivity contribution in [3.63, 3.8) is 0 Å². The van der Waals surface area contributed by atoms with E-state index in [-0.39, 0.29) is 0 Å². The van der Waals surface area contributed by atoms with Crippen LogP contribution in [0.5, 0.6) is 0 Å². The molecule has 0 atom stereocenters. The molecule has 1 heteroatoms. The van der Waals surface area contributed by atoms with Crippen LogP contribution in [0.2, 0.25) is 0 Å². The highest BCUT2D eigenvalue weighted by molar-refractivity contribution is 5.05. The first kappa shape index (κ1) is 13.3. The Bertz CT molecular complexity index is 207. The van der Waals surface area contributed by atoms with Crippen LogP contribution < -0.4 is 0 Å². The van der Waals surface area contributed by atoms with Gasteiger partial charge in [0.25, 0.3) is 0 Å². The fraction of sp³-hybridized carbons (Fsp3) is 0.692. The summed E-state index contributed by atoms with van der Waals surface area (Å²) in [5, 5.41) is 0. The second-order valence-electron chi connectivity index (χ2n) is 4.27. The zero-order valence-electron chi connectivity index (χ0n) is 10.6. The van der Waals surface area contributed by atoms with Gasteiger partial charge in [0, 0.05) is 12.6 Å². The molecule has 0 saturated heterocycles. The lowest BCUT2D eigenvalue weighted by Crippen LogP contribution is -2.27. The van der Waals surface area contributed by atoms with E-state index in [1.54, 1.807) is 0 Å². The summed E-state index contributed by atoms with van der Waals surface area (Å²) in [6.07, 6.45) is 5.63. The van der Waals surface area contributed by atoms with Crippen LogP contribution in [0.4, 0.5) is 0 Å². The molecule has 0 N–H and O–H groups in total. The summed E-state index contributed by atoms with van der Waals surface area (Å²) >= 11 is 0. The zero-order valence-corrected chi connectivity index (χ0v) is 10.6. The van der Waals surface area contributed by atoms with Gasteiger partial charge in [-0.05, 0) is 47.2 Å². The lowest BCUT2D eigenvalue weighted by Gasteiger charge is -2.26. The fourth-order valence-corrected chi connectivity index (χ4v) is 1.35. The maximum atomic E-state index is 2.40. The van der Waals surface area contributed by atoms with Crippen LogP contribution >= 0.6 is 0 Å². The van der Waals surface area contributed by atoms with Gasteiger partial charge in [-0.15, -0.1) is 0 Å². The van der Waals surface area contributed by atoms with Crippen LogP contribution in [-0.4, -0.2) is 17.5 Å². The Morgan fingerprint density at radius 1 is 1.29 bits per heavy atom. The molecule has 0 unspecified atom stereocenters. The van der Waals surface area contributed by atoms with Crippen molar-refractivity contribution >= 4 is 0 Å². The summed E-state index contributed by atoms with van der Waals surface area (Å²) in [6, 6.07) is 0.575. The number of allylic oxidation sites excluding steroid dienone is 2. The Labute approximate surface area is 89.5 Å². The Balaban J connectivity index is 4.46. The maximum Gasteiger partial charge on any atom is 0.0386 e. The second kappa shape index (κ2) is 6.69. The van der Waals surface area contributed by atoms with Crippen LogP contribution in [0, 0.1) is 0 Å². The molecule has 0 bridgehead atoms. The topological polar surface area (TPSA) is 3.24 Å². The smallest absolute Gasteiger partial charge is 0.0386 e.